The summed E-state index contributed by atoms with van der Waals surface area (Å²) in [4.78, 5) is 20.8. The number of hydrogen-bond donors (Lipinski definition) is 0. The Balaban J connectivity index is 1.51. The van der Waals surface area contributed by atoms with Gasteiger partial charge in [-0.3, -0.25) is 4.79 Å². The first-order chi connectivity index (χ1) is 15.0. The van der Waals surface area contributed by atoms with Gasteiger partial charge in [0.2, 0.25) is 0 Å². The summed E-state index contributed by atoms with van der Waals surface area (Å²) in [5.41, 5.74) is 2.81. The smallest absolute Gasteiger partial charge is 0.255 e. The van der Waals surface area contributed by atoms with Crippen LogP contribution in [0.4, 0.5) is 5.82 Å². The maximum Gasteiger partial charge on any atom is 0.255 e. The van der Waals surface area contributed by atoms with E-state index < -0.39 is 0 Å². The van der Waals surface area contributed by atoms with E-state index in [-0.39, 0.29) is 11.5 Å². The van der Waals surface area contributed by atoms with E-state index in [0.717, 1.165) is 49.7 Å². The van der Waals surface area contributed by atoms with Gasteiger partial charge in [-0.1, -0.05) is 0 Å². The Hall–Kier alpha value is -2.80. The van der Waals surface area contributed by atoms with Crippen LogP contribution in [0.15, 0.2) is 30.5 Å². The maximum absolute atomic E-state index is 12.3. The molecule has 3 heterocycles. The van der Waals surface area contributed by atoms with Crippen molar-refractivity contribution in [2.45, 2.75) is 31.8 Å². The highest BCUT2D eigenvalue weighted by molar-refractivity contribution is 5.93. The molecule has 0 aliphatic carbocycles. The van der Waals surface area contributed by atoms with Gasteiger partial charge in [-0.15, -0.1) is 0 Å². The molecule has 2 aliphatic heterocycles. The van der Waals surface area contributed by atoms with Crippen LogP contribution in [0.3, 0.4) is 0 Å². The predicted octanol–water partition coefficient (Wildman–Crippen LogP) is 3.26. The number of amides is 1. The van der Waals surface area contributed by atoms with Crippen molar-refractivity contribution in [3.8, 4) is 11.5 Å². The Labute approximate surface area is 183 Å². The topological polar surface area (TPSA) is 64.1 Å². The Morgan fingerprint density at radius 1 is 1.19 bits per heavy atom. The second-order valence-corrected chi connectivity index (χ2v) is 8.17. The highest BCUT2D eigenvalue weighted by atomic mass is 16.5. The molecule has 31 heavy (non-hydrogen) atoms. The van der Waals surface area contributed by atoms with E-state index in [2.05, 4.69) is 22.0 Å². The zero-order valence-electron chi connectivity index (χ0n) is 18.8. The number of anilines is 1. The fourth-order valence-corrected chi connectivity index (χ4v) is 4.56. The Kier molecular flexibility index (Phi) is 6.05. The Morgan fingerprint density at radius 2 is 1.90 bits per heavy atom. The molecule has 1 amide bonds. The van der Waals surface area contributed by atoms with Crippen LogP contribution < -0.4 is 14.4 Å². The van der Waals surface area contributed by atoms with Crippen LogP contribution in [0, 0.1) is 0 Å². The highest BCUT2D eigenvalue weighted by Crippen LogP contribution is 2.45. The van der Waals surface area contributed by atoms with Gasteiger partial charge in [-0.2, -0.15) is 0 Å². The molecule has 0 bridgehead atoms. The monoisotopic (exact) mass is 425 g/mol. The van der Waals surface area contributed by atoms with Crippen molar-refractivity contribution >= 4 is 11.7 Å². The molecule has 7 heteroatoms. The van der Waals surface area contributed by atoms with Crippen LogP contribution in [0.5, 0.6) is 11.5 Å². The van der Waals surface area contributed by atoms with Crippen molar-refractivity contribution in [3.63, 3.8) is 0 Å². The number of carbonyl (C=O) groups excluding carboxylic acids is 1. The lowest BCUT2D eigenvalue weighted by molar-refractivity contribution is -0.0768. The number of ether oxygens (including phenoxy) is 3. The van der Waals surface area contributed by atoms with Gasteiger partial charge in [-0.25, -0.2) is 4.98 Å². The summed E-state index contributed by atoms with van der Waals surface area (Å²) in [5.74, 6) is 2.40. The fourth-order valence-electron chi connectivity index (χ4n) is 4.56. The first kappa shape index (κ1) is 21.4. The lowest BCUT2D eigenvalue weighted by atomic mass is 9.79. The first-order valence-corrected chi connectivity index (χ1v) is 10.9. The molecule has 2 aliphatic rings. The molecule has 1 spiro atoms. The molecule has 7 nitrogen and oxygen atoms in total. The fraction of sp³-hybridized carbons (Fsp3) is 0.500. The minimum atomic E-state index is -0.302. The van der Waals surface area contributed by atoms with Crippen LogP contribution in [0.2, 0.25) is 0 Å². The summed E-state index contributed by atoms with van der Waals surface area (Å²) in [6.07, 6.45) is 4.30. The minimum Gasteiger partial charge on any atom is -0.493 e. The third-order valence-corrected chi connectivity index (χ3v) is 6.56. The number of nitrogens with zero attached hydrogens (tertiary/aromatic N) is 3. The zero-order valence-corrected chi connectivity index (χ0v) is 18.8. The van der Waals surface area contributed by atoms with Gasteiger partial charge in [0.1, 0.15) is 5.82 Å². The number of benzene rings is 1. The summed E-state index contributed by atoms with van der Waals surface area (Å²) >= 11 is 0. The molecule has 166 valence electrons. The second-order valence-electron chi connectivity index (χ2n) is 8.17. The van der Waals surface area contributed by atoms with Crippen molar-refractivity contribution in [2.24, 2.45) is 0 Å². The van der Waals surface area contributed by atoms with Crippen molar-refractivity contribution in [1.29, 1.82) is 0 Å². The van der Waals surface area contributed by atoms with E-state index in [1.54, 1.807) is 32.4 Å². The molecule has 0 N–H and O–H groups in total. The van der Waals surface area contributed by atoms with Crippen LogP contribution in [-0.4, -0.2) is 63.3 Å². The van der Waals surface area contributed by atoms with Crippen molar-refractivity contribution in [2.75, 3.05) is 52.4 Å². The van der Waals surface area contributed by atoms with Crippen LogP contribution >= 0.6 is 0 Å². The molecular weight excluding hydrogens is 394 g/mol. The number of piperidine rings is 1. The number of methoxy groups -OCH3 is 2. The number of carbonyl (C=O) groups is 1. The number of rotatable bonds is 5. The average Bonchev–Trinajstić information content (AvgIpc) is 2.83. The quantitative estimate of drug-likeness (QED) is 0.733. The van der Waals surface area contributed by atoms with Gasteiger partial charge in [0, 0.05) is 32.9 Å². The summed E-state index contributed by atoms with van der Waals surface area (Å²) in [7, 11) is 5.14. The molecule has 1 fully saturated rings. The molecule has 0 unspecified atom stereocenters. The van der Waals surface area contributed by atoms with Gasteiger partial charge < -0.3 is 24.0 Å². The maximum atomic E-state index is 12.3. The van der Waals surface area contributed by atoms with Gasteiger partial charge in [0.25, 0.3) is 5.91 Å². The SMILES string of the molecule is CCN(C)C(=O)c1ccc(N2CCC3(CC2)OCCc2cc(OC)c(OC)cc23)nc1. The second kappa shape index (κ2) is 8.75. The van der Waals surface area contributed by atoms with Crippen LogP contribution in [-0.2, 0) is 16.8 Å². The lowest BCUT2D eigenvalue weighted by Crippen LogP contribution is -2.47. The van der Waals surface area contributed by atoms with Crippen molar-refractivity contribution < 1.29 is 19.0 Å². The normalized spacial score (nSPS) is 17.2. The summed E-state index contributed by atoms with van der Waals surface area (Å²) in [6.45, 7) is 5.02. The van der Waals surface area contributed by atoms with Gasteiger partial charge in [0.15, 0.2) is 11.5 Å². The van der Waals surface area contributed by atoms with Gasteiger partial charge in [0.05, 0.1) is 32.0 Å². The van der Waals surface area contributed by atoms with E-state index in [1.807, 2.05) is 19.1 Å². The number of hydrogen-bond acceptors (Lipinski definition) is 6. The first-order valence-electron chi connectivity index (χ1n) is 10.9. The lowest BCUT2D eigenvalue weighted by Gasteiger charge is -2.45. The average molecular weight is 426 g/mol. The molecule has 1 aromatic heterocycles. The van der Waals surface area contributed by atoms with E-state index in [0.29, 0.717) is 18.7 Å². The van der Waals surface area contributed by atoms with Gasteiger partial charge >= 0.3 is 0 Å². The molecule has 1 aromatic carbocycles. The van der Waals surface area contributed by atoms with Crippen molar-refractivity contribution in [1.82, 2.24) is 9.88 Å². The molecule has 1 saturated heterocycles. The van der Waals surface area contributed by atoms with Crippen molar-refractivity contribution in [3.05, 3.63) is 47.2 Å². The highest BCUT2D eigenvalue weighted by Gasteiger charge is 2.41. The van der Waals surface area contributed by atoms with E-state index in [4.69, 9.17) is 14.2 Å². The van der Waals surface area contributed by atoms with E-state index in [1.165, 1.54) is 11.1 Å². The summed E-state index contributed by atoms with van der Waals surface area (Å²) in [6, 6.07) is 7.99. The molecule has 2 aromatic rings. The van der Waals surface area contributed by atoms with Crippen LogP contribution in [0.1, 0.15) is 41.3 Å². The zero-order chi connectivity index (χ0) is 22.0. The number of aromatic nitrogens is 1. The third-order valence-electron chi connectivity index (χ3n) is 6.56. The molecule has 4 rings (SSSR count). The van der Waals surface area contributed by atoms with E-state index in [9.17, 15) is 4.79 Å². The van der Waals surface area contributed by atoms with Crippen LogP contribution in [0.25, 0.3) is 0 Å². The molecule has 0 atom stereocenters. The standard InChI is InChI=1S/C24H31N3O4/c1-5-26(2)23(28)18-6-7-22(25-16-18)27-11-9-24(10-12-27)19-15-21(30-4)20(29-3)14-17(19)8-13-31-24/h6-7,14-16H,5,8-13H2,1-4H3. The Morgan fingerprint density at radius 3 is 2.52 bits per heavy atom. The Bertz CT molecular complexity index is 937. The van der Waals surface area contributed by atoms with E-state index >= 15 is 0 Å². The third kappa shape index (κ3) is 3.94. The minimum absolute atomic E-state index is 0.00395. The molecule has 0 saturated carbocycles. The van der Waals surface area contributed by atoms with Gasteiger partial charge in [-0.05, 0) is 61.6 Å². The molecule has 0 radical (unpaired) electrons. The number of fused-ring (bicyclic) bond motifs is 2. The largest absolute Gasteiger partial charge is 0.493 e. The summed E-state index contributed by atoms with van der Waals surface area (Å²) < 4.78 is 17.4. The summed E-state index contributed by atoms with van der Waals surface area (Å²) in [5, 5.41) is 0. The predicted molar refractivity (Wildman–Crippen MR) is 119 cm³/mol. The molecular formula is C24H31N3O4. The number of pyridine rings is 1.